The van der Waals surface area contributed by atoms with Crippen molar-refractivity contribution < 1.29 is 32.6 Å². The number of benzene rings is 3. The maximum absolute atomic E-state index is 16.9. The van der Waals surface area contributed by atoms with Crippen LogP contribution in [0.3, 0.4) is 0 Å². The van der Waals surface area contributed by atoms with E-state index in [2.05, 4.69) is 9.80 Å². The molecule has 0 unspecified atom stereocenters. The highest BCUT2D eigenvalue weighted by atomic mass is 35.5. The number of carbonyl (C=O) groups excluding carboxylic acids is 1. The van der Waals surface area contributed by atoms with Gasteiger partial charge in [-0.2, -0.15) is 0 Å². The molecule has 0 aromatic heterocycles. The van der Waals surface area contributed by atoms with Crippen LogP contribution in [0.25, 0.3) is 0 Å². The van der Waals surface area contributed by atoms with Crippen molar-refractivity contribution in [3.05, 3.63) is 98.3 Å². The lowest BCUT2D eigenvalue weighted by Gasteiger charge is -2.41. The van der Waals surface area contributed by atoms with Gasteiger partial charge in [-0.25, -0.2) is 12.8 Å². The van der Waals surface area contributed by atoms with Crippen LogP contribution in [0.15, 0.2) is 59.5 Å². The molecule has 0 bridgehead atoms. The van der Waals surface area contributed by atoms with Gasteiger partial charge in [0.25, 0.3) is 5.91 Å². The number of aliphatic hydroxyl groups excluding tert-OH is 1. The summed E-state index contributed by atoms with van der Waals surface area (Å²) in [6, 6.07) is 13.7. The largest absolute Gasteiger partial charge is 0.396 e. The molecular weight excluding hydrogens is 680 g/mol. The second-order valence-corrected chi connectivity index (χ2v) is 16.6. The number of carbonyl (C=O) groups is 1. The summed E-state index contributed by atoms with van der Waals surface area (Å²) in [7, 11) is -1.77. The third-order valence-corrected chi connectivity index (χ3v) is 11.6. The highest BCUT2D eigenvalue weighted by molar-refractivity contribution is 7.90. The molecule has 13 heteroatoms. The Labute approximate surface area is 290 Å². The third-order valence-electron chi connectivity index (χ3n) is 9.91. The molecule has 2 heterocycles. The van der Waals surface area contributed by atoms with Crippen LogP contribution in [0.4, 0.5) is 4.39 Å². The van der Waals surface area contributed by atoms with Crippen LogP contribution < -0.4 is 0 Å². The number of hydrogen-bond donors (Lipinski definition) is 2. The average Bonchev–Trinajstić information content (AvgIpc) is 3.78. The van der Waals surface area contributed by atoms with Gasteiger partial charge in [0.2, 0.25) is 0 Å². The Morgan fingerprint density at radius 2 is 1.65 bits per heavy atom. The predicted octanol–water partition coefficient (Wildman–Crippen LogP) is 4.64. The summed E-state index contributed by atoms with van der Waals surface area (Å²) in [6.07, 6.45) is 2.43. The fourth-order valence-corrected chi connectivity index (χ4v) is 8.05. The lowest BCUT2D eigenvalue weighted by Crippen LogP contribution is -2.49. The number of likely N-dealkylation sites (N-methyl/N-ethyl adjacent to an activating group) is 1. The standard InChI is InChI=1S/C35H40Cl2FN3O6S/c1-33(44,20-40-14-12-39(2)13-15-40)25-16-28-31(29(38)17-25)35(24-5-8-26(36)9-6-24,47-22-34(21-42)10-11-34)41(32(28)43)19-23-4-7-27(37)18-30(23)48(3,45)46/h4-9,16-18,42,44H,10-15,19-22H2,1-3H3/t33-,35+/m0/s1. The highest BCUT2D eigenvalue weighted by Crippen LogP contribution is 2.52. The molecule has 2 aliphatic heterocycles. The van der Waals surface area contributed by atoms with Gasteiger partial charge in [0.15, 0.2) is 15.6 Å². The van der Waals surface area contributed by atoms with E-state index < -0.39 is 38.3 Å². The Balaban J connectivity index is 1.52. The molecule has 6 rings (SSSR count). The minimum Gasteiger partial charge on any atom is -0.396 e. The average molecular weight is 721 g/mol. The van der Waals surface area contributed by atoms with Gasteiger partial charge >= 0.3 is 0 Å². The summed E-state index contributed by atoms with van der Waals surface area (Å²) in [6.45, 7) is 4.53. The van der Waals surface area contributed by atoms with Crippen LogP contribution >= 0.6 is 23.2 Å². The van der Waals surface area contributed by atoms with Crippen molar-refractivity contribution in [2.24, 2.45) is 5.41 Å². The Bertz CT molecular complexity index is 1830. The van der Waals surface area contributed by atoms with Crippen LogP contribution in [0.2, 0.25) is 10.0 Å². The molecule has 48 heavy (non-hydrogen) atoms. The van der Waals surface area contributed by atoms with Crippen LogP contribution in [0.1, 0.15) is 52.4 Å². The molecule has 3 aromatic carbocycles. The van der Waals surface area contributed by atoms with E-state index in [4.69, 9.17) is 27.9 Å². The summed E-state index contributed by atoms with van der Waals surface area (Å²) in [5.41, 5.74) is -3.12. The number of aliphatic hydroxyl groups is 2. The summed E-state index contributed by atoms with van der Waals surface area (Å²) in [4.78, 5) is 20.2. The topological polar surface area (TPSA) is 111 Å². The van der Waals surface area contributed by atoms with Crippen molar-refractivity contribution in [3.63, 3.8) is 0 Å². The Morgan fingerprint density at radius 1 is 1.00 bits per heavy atom. The summed E-state index contributed by atoms with van der Waals surface area (Å²) < 4.78 is 49.5. The molecule has 3 aromatic rings. The van der Waals surface area contributed by atoms with Gasteiger partial charge in [-0.05, 0) is 74.3 Å². The minimum absolute atomic E-state index is 0.00277. The van der Waals surface area contributed by atoms with Gasteiger partial charge in [-0.1, -0.05) is 41.4 Å². The molecule has 2 atom stereocenters. The third kappa shape index (κ3) is 6.64. The molecule has 0 spiro atoms. The number of β-amino-alcohol motifs (C(OH)–C–C–N with tert-alkyl or cyclic N) is 1. The zero-order valence-corrected chi connectivity index (χ0v) is 29.5. The quantitative estimate of drug-likeness (QED) is 0.295. The van der Waals surface area contributed by atoms with E-state index in [-0.39, 0.29) is 58.5 Å². The Hall–Kier alpha value is -2.61. The number of piperazine rings is 1. The first-order valence-corrected chi connectivity index (χ1v) is 18.5. The summed E-state index contributed by atoms with van der Waals surface area (Å²) >= 11 is 12.5. The predicted molar refractivity (Wildman–Crippen MR) is 181 cm³/mol. The van der Waals surface area contributed by atoms with Gasteiger partial charge in [0.05, 0.1) is 41.4 Å². The molecular formula is C35H40Cl2FN3O6S. The minimum atomic E-state index is -3.80. The molecule has 0 radical (unpaired) electrons. The maximum Gasteiger partial charge on any atom is 0.257 e. The smallest absolute Gasteiger partial charge is 0.257 e. The van der Waals surface area contributed by atoms with Crippen molar-refractivity contribution >= 4 is 38.9 Å². The number of rotatable bonds is 11. The molecule has 3 aliphatic rings. The highest BCUT2D eigenvalue weighted by Gasteiger charge is 2.57. The SMILES string of the molecule is CN1CCN(C[C@](C)(O)c2cc(F)c3c(c2)C(=O)N(Cc2ccc(Cl)cc2S(C)(=O)=O)[C@@]3(OCC2(CO)CC2)c2ccc(Cl)cc2)CC1. The molecule has 1 amide bonds. The van der Waals surface area contributed by atoms with Crippen molar-refractivity contribution in [3.8, 4) is 0 Å². The van der Waals surface area contributed by atoms with Crippen LogP contribution in [0, 0.1) is 11.2 Å². The number of halogens is 3. The van der Waals surface area contributed by atoms with Crippen molar-refractivity contribution in [2.45, 2.75) is 42.5 Å². The van der Waals surface area contributed by atoms with E-state index in [0.717, 1.165) is 32.4 Å². The number of fused-ring (bicyclic) bond motifs is 1. The van der Waals surface area contributed by atoms with Crippen LogP contribution in [-0.2, 0) is 32.4 Å². The van der Waals surface area contributed by atoms with Gasteiger partial charge in [-0.3, -0.25) is 14.6 Å². The molecule has 258 valence electrons. The Morgan fingerprint density at radius 3 is 2.25 bits per heavy atom. The first-order valence-electron chi connectivity index (χ1n) is 15.9. The second-order valence-electron chi connectivity index (χ2n) is 13.7. The molecule has 2 fully saturated rings. The van der Waals surface area contributed by atoms with E-state index in [1.807, 2.05) is 7.05 Å². The fourth-order valence-electron chi connectivity index (χ4n) is 6.74. The van der Waals surface area contributed by atoms with E-state index >= 15 is 4.39 Å². The van der Waals surface area contributed by atoms with Crippen molar-refractivity contribution in [2.75, 3.05) is 59.2 Å². The van der Waals surface area contributed by atoms with E-state index in [1.165, 1.54) is 35.2 Å². The lowest BCUT2D eigenvalue weighted by molar-refractivity contribution is -0.130. The van der Waals surface area contributed by atoms with Crippen LogP contribution in [-0.4, -0.2) is 98.5 Å². The number of nitrogens with zero attached hydrogens (tertiary/aromatic N) is 3. The molecule has 1 saturated carbocycles. The molecule has 1 aliphatic carbocycles. The number of sulfone groups is 1. The maximum atomic E-state index is 16.9. The lowest BCUT2D eigenvalue weighted by atomic mass is 9.87. The number of ether oxygens (including phenoxy) is 1. The van der Waals surface area contributed by atoms with Gasteiger partial charge < -0.3 is 19.8 Å². The summed E-state index contributed by atoms with van der Waals surface area (Å²) in [5, 5.41) is 22.5. The number of amides is 1. The first kappa shape index (κ1) is 35.2. The van der Waals surface area contributed by atoms with Gasteiger partial charge in [-0.15, -0.1) is 0 Å². The van der Waals surface area contributed by atoms with E-state index in [0.29, 0.717) is 23.4 Å². The fraction of sp³-hybridized carbons (Fsp3) is 0.457. The van der Waals surface area contributed by atoms with Crippen molar-refractivity contribution in [1.82, 2.24) is 14.7 Å². The van der Waals surface area contributed by atoms with Gasteiger partial charge in [0, 0.05) is 60.0 Å². The molecule has 9 nitrogen and oxygen atoms in total. The van der Waals surface area contributed by atoms with Crippen molar-refractivity contribution in [1.29, 1.82) is 0 Å². The number of hydrogen-bond acceptors (Lipinski definition) is 8. The normalized spacial score (nSPS) is 22.5. The molecule has 1 saturated heterocycles. The monoisotopic (exact) mass is 719 g/mol. The van der Waals surface area contributed by atoms with Gasteiger partial charge in [0.1, 0.15) is 5.82 Å². The Kier molecular flexibility index (Phi) is 9.49. The summed E-state index contributed by atoms with van der Waals surface area (Å²) in [5.74, 6) is -1.38. The zero-order valence-electron chi connectivity index (χ0n) is 27.2. The van der Waals surface area contributed by atoms with E-state index in [1.54, 1.807) is 31.2 Å². The zero-order chi connectivity index (χ0) is 34.6. The first-order chi connectivity index (χ1) is 22.6. The van der Waals surface area contributed by atoms with Crippen LogP contribution in [0.5, 0.6) is 0 Å². The van der Waals surface area contributed by atoms with E-state index in [9.17, 15) is 23.4 Å². The second kappa shape index (κ2) is 12.9. The molecule has 2 N–H and O–H groups in total.